The molecule has 0 amide bonds. The van der Waals surface area contributed by atoms with Crippen molar-refractivity contribution in [1.29, 1.82) is 0 Å². The van der Waals surface area contributed by atoms with Gasteiger partial charge in [0, 0.05) is 0 Å². The van der Waals surface area contributed by atoms with E-state index in [0.29, 0.717) is 5.92 Å². The molecule has 0 radical (unpaired) electrons. The van der Waals surface area contributed by atoms with Gasteiger partial charge in [-0.3, -0.25) is 5.26 Å². The van der Waals surface area contributed by atoms with Crippen LogP contribution in [0.25, 0.3) is 0 Å². The Labute approximate surface area is 80.8 Å². The minimum absolute atomic E-state index is 0.211. The molecule has 2 nitrogen and oxygen atoms in total. The van der Waals surface area contributed by atoms with Crippen molar-refractivity contribution in [3.05, 3.63) is 24.3 Å². The van der Waals surface area contributed by atoms with Crippen LogP contribution in [0, 0.1) is 11.8 Å². The highest BCUT2D eigenvalue weighted by molar-refractivity contribution is 5.06. The van der Waals surface area contributed by atoms with E-state index >= 15 is 0 Å². The molecule has 2 heteroatoms. The lowest BCUT2D eigenvalue weighted by Crippen LogP contribution is -2.14. The van der Waals surface area contributed by atoms with Crippen LogP contribution in [0.2, 0.25) is 0 Å². The maximum atomic E-state index is 8.53. The van der Waals surface area contributed by atoms with Gasteiger partial charge in [-0.1, -0.05) is 52.0 Å². The molecule has 0 rings (SSSR count). The Hall–Kier alpha value is -0.600. The second kappa shape index (κ2) is 6.87. The van der Waals surface area contributed by atoms with Gasteiger partial charge in [0.05, 0.1) is 0 Å². The van der Waals surface area contributed by atoms with Crippen LogP contribution in [0.15, 0.2) is 24.3 Å². The summed E-state index contributed by atoms with van der Waals surface area (Å²) in [7, 11) is 0. The Bertz CT molecular complexity index is 169. The second-order valence-electron chi connectivity index (χ2n) is 3.83. The number of rotatable bonds is 5. The van der Waals surface area contributed by atoms with Gasteiger partial charge in [-0.15, -0.1) is 0 Å². The maximum Gasteiger partial charge on any atom is 0.113 e. The number of hydrogen-bond donors (Lipinski definition) is 1. The molecule has 0 fully saturated rings. The first-order chi connectivity index (χ1) is 6.07. The standard InChI is InChI=1S/C11H20O2/c1-9(2)7-5-6-8-11(13-12)10(3)4/h5-12H,1-4H3/b7-5-,8-6+. The van der Waals surface area contributed by atoms with Crippen molar-refractivity contribution in [2.75, 3.05) is 0 Å². The summed E-state index contributed by atoms with van der Waals surface area (Å²) in [5.74, 6) is 0.839. The zero-order valence-electron chi connectivity index (χ0n) is 8.90. The van der Waals surface area contributed by atoms with E-state index in [1.54, 1.807) is 0 Å². The smallest absolute Gasteiger partial charge is 0.113 e. The van der Waals surface area contributed by atoms with Crippen LogP contribution in [0.4, 0.5) is 0 Å². The van der Waals surface area contributed by atoms with E-state index in [1.165, 1.54) is 0 Å². The van der Waals surface area contributed by atoms with Crippen LogP contribution in [0.1, 0.15) is 27.7 Å². The summed E-state index contributed by atoms with van der Waals surface area (Å²) in [4.78, 5) is 4.30. The predicted molar refractivity (Wildman–Crippen MR) is 55.5 cm³/mol. The fraction of sp³-hybridized carbons (Fsp3) is 0.636. The predicted octanol–water partition coefficient (Wildman–Crippen LogP) is 3.27. The van der Waals surface area contributed by atoms with Crippen molar-refractivity contribution in [1.82, 2.24) is 0 Å². The van der Waals surface area contributed by atoms with E-state index in [0.717, 1.165) is 0 Å². The lowest BCUT2D eigenvalue weighted by Gasteiger charge is -2.11. The molecule has 0 heterocycles. The van der Waals surface area contributed by atoms with E-state index in [4.69, 9.17) is 5.26 Å². The zero-order chi connectivity index (χ0) is 10.3. The number of hydrogen-bond acceptors (Lipinski definition) is 2. The molecule has 13 heavy (non-hydrogen) atoms. The Balaban J connectivity index is 3.93. The van der Waals surface area contributed by atoms with Gasteiger partial charge in [0.1, 0.15) is 6.10 Å². The molecule has 0 spiro atoms. The summed E-state index contributed by atoms with van der Waals surface area (Å²) in [6, 6.07) is 0. The highest BCUT2D eigenvalue weighted by atomic mass is 17.1. The molecule has 0 aliphatic rings. The summed E-state index contributed by atoms with van der Waals surface area (Å²) in [6.07, 6.45) is 7.60. The van der Waals surface area contributed by atoms with Gasteiger partial charge < -0.3 is 0 Å². The third kappa shape index (κ3) is 6.55. The molecule has 0 aromatic carbocycles. The fourth-order valence-electron chi connectivity index (χ4n) is 0.839. The van der Waals surface area contributed by atoms with Crippen LogP contribution in [0.5, 0.6) is 0 Å². The Morgan fingerprint density at radius 1 is 1.00 bits per heavy atom. The highest BCUT2D eigenvalue weighted by Gasteiger charge is 2.08. The summed E-state index contributed by atoms with van der Waals surface area (Å²) in [6.45, 7) is 8.23. The molecule has 0 saturated carbocycles. The first kappa shape index (κ1) is 12.4. The average molecular weight is 184 g/mol. The van der Waals surface area contributed by atoms with Crippen molar-refractivity contribution in [3.63, 3.8) is 0 Å². The van der Waals surface area contributed by atoms with Crippen LogP contribution in [-0.4, -0.2) is 11.4 Å². The molecule has 1 atom stereocenters. The first-order valence-corrected chi connectivity index (χ1v) is 4.73. The molecular formula is C11H20O2. The van der Waals surface area contributed by atoms with Crippen LogP contribution < -0.4 is 0 Å². The van der Waals surface area contributed by atoms with Gasteiger partial charge in [0.2, 0.25) is 0 Å². The molecule has 0 saturated heterocycles. The van der Waals surface area contributed by atoms with Gasteiger partial charge in [-0.05, 0) is 11.8 Å². The van der Waals surface area contributed by atoms with E-state index in [-0.39, 0.29) is 12.0 Å². The second-order valence-corrected chi connectivity index (χ2v) is 3.83. The summed E-state index contributed by atoms with van der Waals surface area (Å²) >= 11 is 0. The van der Waals surface area contributed by atoms with Crippen molar-refractivity contribution >= 4 is 0 Å². The van der Waals surface area contributed by atoms with Crippen molar-refractivity contribution in [2.45, 2.75) is 33.8 Å². The topological polar surface area (TPSA) is 29.5 Å². The third-order valence-corrected chi connectivity index (χ3v) is 1.69. The van der Waals surface area contributed by atoms with E-state index in [2.05, 4.69) is 24.8 Å². The first-order valence-electron chi connectivity index (χ1n) is 4.73. The Morgan fingerprint density at radius 2 is 1.54 bits per heavy atom. The highest BCUT2D eigenvalue weighted by Crippen LogP contribution is 2.06. The molecule has 0 aromatic rings. The molecule has 76 valence electrons. The van der Waals surface area contributed by atoms with Gasteiger partial charge in [-0.25, -0.2) is 4.89 Å². The van der Waals surface area contributed by atoms with Crippen LogP contribution in [0.3, 0.4) is 0 Å². The van der Waals surface area contributed by atoms with Crippen molar-refractivity contribution in [2.24, 2.45) is 11.8 Å². The lowest BCUT2D eigenvalue weighted by atomic mass is 10.1. The summed E-state index contributed by atoms with van der Waals surface area (Å²) < 4.78 is 0. The molecule has 0 aliphatic heterocycles. The molecule has 0 aliphatic carbocycles. The SMILES string of the molecule is CC(C)/C=C\C=C\C(OO)C(C)C. The van der Waals surface area contributed by atoms with E-state index in [1.807, 2.05) is 32.1 Å². The lowest BCUT2D eigenvalue weighted by molar-refractivity contribution is -0.274. The molecule has 1 unspecified atom stereocenters. The fourth-order valence-corrected chi connectivity index (χ4v) is 0.839. The van der Waals surface area contributed by atoms with Gasteiger partial charge in [0.25, 0.3) is 0 Å². The van der Waals surface area contributed by atoms with E-state index in [9.17, 15) is 0 Å². The largest absolute Gasteiger partial charge is 0.251 e. The van der Waals surface area contributed by atoms with Gasteiger partial charge >= 0.3 is 0 Å². The quantitative estimate of drug-likeness (QED) is 0.403. The molecular weight excluding hydrogens is 164 g/mol. The molecule has 0 bridgehead atoms. The van der Waals surface area contributed by atoms with E-state index < -0.39 is 0 Å². The minimum atomic E-state index is -0.211. The maximum absolute atomic E-state index is 8.53. The Morgan fingerprint density at radius 3 is 1.92 bits per heavy atom. The van der Waals surface area contributed by atoms with Gasteiger partial charge in [0.15, 0.2) is 0 Å². The monoisotopic (exact) mass is 184 g/mol. The van der Waals surface area contributed by atoms with Crippen LogP contribution >= 0.6 is 0 Å². The normalized spacial score (nSPS) is 15.3. The minimum Gasteiger partial charge on any atom is -0.251 e. The number of allylic oxidation sites excluding steroid dienone is 3. The molecule has 1 N–H and O–H groups in total. The molecule has 0 aromatic heterocycles. The average Bonchev–Trinajstić information content (AvgIpc) is 2.03. The summed E-state index contributed by atoms with van der Waals surface area (Å²) in [5, 5.41) is 8.53. The third-order valence-electron chi connectivity index (χ3n) is 1.69. The van der Waals surface area contributed by atoms with Crippen LogP contribution in [-0.2, 0) is 4.89 Å². The zero-order valence-corrected chi connectivity index (χ0v) is 8.90. The summed E-state index contributed by atoms with van der Waals surface area (Å²) in [5.41, 5.74) is 0. The van der Waals surface area contributed by atoms with Gasteiger partial charge in [-0.2, -0.15) is 0 Å². The van der Waals surface area contributed by atoms with Crippen molar-refractivity contribution in [3.8, 4) is 0 Å². The van der Waals surface area contributed by atoms with Crippen molar-refractivity contribution < 1.29 is 10.1 Å². The Kier molecular flexibility index (Phi) is 6.55.